The SMILES string of the molecule is CC(C)c1cc(NCCc2ncc[nH]2)ncn1. The Balaban J connectivity index is 1.88. The van der Waals surface area contributed by atoms with Crippen molar-refractivity contribution >= 4 is 5.82 Å². The summed E-state index contributed by atoms with van der Waals surface area (Å²) < 4.78 is 0. The summed E-state index contributed by atoms with van der Waals surface area (Å²) in [4.78, 5) is 15.6. The number of nitrogens with zero attached hydrogens (tertiary/aromatic N) is 3. The highest BCUT2D eigenvalue weighted by Gasteiger charge is 2.02. The average molecular weight is 231 g/mol. The van der Waals surface area contributed by atoms with Gasteiger partial charge in [-0.15, -0.1) is 0 Å². The summed E-state index contributed by atoms with van der Waals surface area (Å²) in [6.07, 6.45) is 6.05. The lowest BCUT2D eigenvalue weighted by atomic mass is 10.1. The smallest absolute Gasteiger partial charge is 0.129 e. The summed E-state index contributed by atoms with van der Waals surface area (Å²) in [5.74, 6) is 2.27. The molecular weight excluding hydrogens is 214 g/mol. The van der Waals surface area contributed by atoms with Crippen molar-refractivity contribution in [3.05, 3.63) is 36.3 Å². The second-order valence-corrected chi connectivity index (χ2v) is 4.20. The Morgan fingerprint density at radius 1 is 1.29 bits per heavy atom. The minimum Gasteiger partial charge on any atom is -0.370 e. The van der Waals surface area contributed by atoms with Crippen molar-refractivity contribution in [1.82, 2.24) is 19.9 Å². The number of H-pyrrole nitrogens is 1. The third kappa shape index (κ3) is 3.27. The van der Waals surface area contributed by atoms with Gasteiger partial charge in [0.05, 0.1) is 0 Å². The third-order valence-corrected chi connectivity index (χ3v) is 2.50. The van der Waals surface area contributed by atoms with Crippen LogP contribution in [0.4, 0.5) is 5.82 Å². The van der Waals surface area contributed by atoms with Crippen molar-refractivity contribution < 1.29 is 0 Å². The molecule has 2 rings (SSSR count). The van der Waals surface area contributed by atoms with E-state index in [0.29, 0.717) is 5.92 Å². The molecule has 17 heavy (non-hydrogen) atoms. The Morgan fingerprint density at radius 3 is 2.88 bits per heavy atom. The van der Waals surface area contributed by atoms with Crippen molar-refractivity contribution in [2.45, 2.75) is 26.2 Å². The Bertz CT molecular complexity index is 450. The molecule has 5 heteroatoms. The molecule has 0 unspecified atom stereocenters. The van der Waals surface area contributed by atoms with Crippen molar-refractivity contribution in [1.29, 1.82) is 0 Å². The summed E-state index contributed by atoms with van der Waals surface area (Å²) in [6, 6.07) is 1.99. The summed E-state index contributed by atoms with van der Waals surface area (Å²) in [5, 5.41) is 3.27. The Morgan fingerprint density at radius 2 is 2.18 bits per heavy atom. The highest BCUT2D eigenvalue weighted by Crippen LogP contribution is 2.13. The second kappa shape index (κ2) is 5.43. The fourth-order valence-electron chi connectivity index (χ4n) is 1.53. The Labute approximate surface area is 101 Å². The summed E-state index contributed by atoms with van der Waals surface area (Å²) in [7, 11) is 0. The number of rotatable bonds is 5. The zero-order valence-corrected chi connectivity index (χ0v) is 10.1. The molecule has 2 aromatic heterocycles. The lowest BCUT2D eigenvalue weighted by Gasteiger charge is -2.07. The van der Waals surface area contributed by atoms with Gasteiger partial charge in [0.25, 0.3) is 0 Å². The predicted octanol–water partition coefficient (Wildman–Crippen LogP) is 1.98. The van der Waals surface area contributed by atoms with Crippen LogP contribution in [0.3, 0.4) is 0 Å². The topological polar surface area (TPSA) is 66.5 Å². The molecule has 0 aliphatic heterocycles. The molecule has 0 saturated carbocycles. The maximum Gasteiger partial charge on any atom is 0.129 e. The van der Waals surface area contributed by atoms with Gasteiger partial charge in [-0.25, -0.2) is 15.0 Å². The molecule has 90 valence electrons. The highest BCUT2D eigenvalue weighted by molar-refractivity contribution is 5.35. The molecule has 5 nitrogen and oxygen atoms in total. The van der Waals surface area contributed by atoms with E-state index in [-0.39, 0.29) is 0 Å². The van der Waals surface area contributed by atoms with Crippen LogP contribution in [0.15, 0.2) is 24.8 Å². The molecule has 0 aliphatic rings. The van der Waals surface area contributed by atoms with E-state index in [1.165, 1.54) is 0 Å². The maximum atomic E-state index is 4.23. The molecule has 0 saturated heterocycles. The van der Waals surface area contributed by atoms with Gasteiger partial charge in [0.2, 0.25) is 0 Å². The first-order chi connectivity index (χ1) is 8.25. The molecule has 2 aromatic rings. The van der Waals surface area contributed by atoms with E-state index in [1.54, 1.807) is 12.5 Å². The molecule has 0 atom stereocenters. The van der Waals surface area contributed by atoms with E-state index >= 15 is 0 Å². The second-order valence-electron chi connectivity index (χ2n) is 4.20. The number of imidazole rings is 1. The third-order valence-electron chi connectivity index (χ3n) is 2.50. The number of aromatic nitrogens is 4. The van der Waals surface area contributed by atoms with Gasteiger partial charge in [0.15, 0.2) is 0 Å². The van der Waals surface area contributed by atoms with Crippen LogP contribution in [0.1, 0.15) is 31.3 Å². The number of hydrogen-bond acceptors (Lipinski definition) is 4. The van der Waals surface area contributed by atoms with E-state index < -0.39 is 0 Å². The monoisotopic (exact) mass is 231 g/mol. The first-order valence-electron chi connectivity index (χ1n) is 5.80. The minimum atomic E-state index is 0.420. The molecule has 2 N–H and O–H groups in total. The molecule has 0 radical (unpaired) electrons. The summed E-state index contributed by atoms with van der Waals surface area (Å²) >= 11 is 0. The first kappa shape index (κ1) is 11.6. The van der Waals surface area contributed by atoms with Gasteiger partial charge in [-0.3, -0.25) is 0 Å². The Kier molecular flexibility index (Phi) is 3.69. The zero-order chi connectivity index (χ0) is 12.1. The van der Waals surface area contributed by atoms with Gasteiger partial charge in [-0.1, -0.05) is 13.8 Å². The molecule has 0 amide bonds. The Hall–Kier alpha value is -1.91. The van der Waals surface area contributed by atoms with Crippen LogP contribution in [0, 0.1) is 0 Å². The van der Waals surface area contributed by atoms with Gasteiger partial charge in [-0.05, 0) is 5.92 Å². The van der Waals surface area contributed by atoms with Crippen molar-refractivity contribution in [2.75, 3.05) is 11.9 Å². The predicted molar refractivity (Wildman–Crippen MR) is 66.9 cm³/mol. The van der Waals surface area contributed by atoms with Crippen molar-refractivity contribution in [3.8, 4) is 0 Å². The molecule has 0 bridgehead atoms. The number of nitrogens with one attached hydrogen (secondary N) is 2. The van der Waals surface area contributed by atoms with E-state index in [9.17, 15) is 0 Å². The lowest BCUT2D eigenvalue weighted by Crippen LogP contribution is -2.08. The zero-order valence-electron chi connectivity index (χ0n) is 10.1. The van der Waals surface area contributed by atoms with Crippen LogP contribution in [0.2, 0.25) is 0 Å². The van der Waals surface area contributed by atoms with Gasteiger partial charge in [-0.2, -0.15) is 0 Å². The van der Waals surface area contributed by atoms with E-state index in [0.717, 1.165) is 30.3 Å². The fourth-order valence-corrected chi connectivity index (χ4v) is 1.53. The van der Waals surface area contributed by atoms with Gasteiger partial charge in [0, 0.05) is 37.1 Å². The molecule has 0 fully saturated rings. The highest BCUT2D eigenvalue weighted by atomic mass is 15.0. The molecule has 0 aliphatic carbocycles. The van der Waals surface area contributed by atoms with Crippen LogP contribution < -0.4 is 5.32 Å². The molecular formula is C12H17N5. The number of aromatic amines is 1. The van der Waals surface area contributed by atoms with E-state index in [1.807, 2.05) is 12.3 Å². The average Bonchev–Trinajstić information content (AvgIpc) is 2.82. The molecule has 2 heterocycles. The maximum absolute atomic E-state index is 4.23. The van der Waals surface area contributed by atoms with E-state index in [2.05, 4.69) is 39.1 Å². The van der Waals surface area contributed by atoms with Crippen LogP contribution in [-0.4, -0.2) is 26.5 Å². The van der Waals surface area contributed by atoms with E-state index in [4.69, 9.17) is 0 Å². The molecule has 0 aromatic carbocycles. The lowest BCUT2D eigenvalue weighted by molar-refractivity contribution is 0.812. The normalized spacial score (nSPS) is 10.8. The van der Waals surface area contributed by atoms with Gasteiger partial charge >= 0.3 is 0 Å². The molecule has 0 spiro atoms. The van der Waals surface area contributed by atoms with Crippen LogP contribution in [0.5, 0.6) is 0 Å². The minimum absolute atomic E-state index is 0.420. The van der Waals surface area contributed by atoms with Crippen molar-refractivity contribution in [3.63, 3.8) is 0 Å². The van der Waals surface area contributed by atoms with Gasteiger partial charge < -0.3 is 10.3 Å². The fraction of sp³-hybridized carbons (Fsp3) is 0.417. The first-order valence-corrected chi connectivity index (χ1v) is 5.80. The quantitative estimate of drug-likeness (QED) is 0.825. The number of hydrogen-bond donors (Lipinski definition) is 2. The largest absolute Gasteiger partial charge is 0.370 e. The van der Waals surface area contributed by atoms with Crippen LogP contribution in [-0.2, 0) is 6.42 Å². The van der Waals surface area contributed by atoms with Crippen molar-refractivity contribution in [2.24, 2.45) is 0 Å². The number of anilines is 1. The van der Waals surface area contributed by atoms with Crippen LogP contribution in [0.25, 0.3) is 0 Å². The standard InChI is InChI=1S/C12H17N5/c1-9(2)10-7-12(17-8-16-10)13-4-3-11-14-5-6-15-11/h5-9H,3-4H2,1-2H3,(H,14,15)(H,13,16,17). The van der Waals surface area contributed by atoms with Crippen LogP contribution >= 0.6 is 0 Å². The van der Waals surface area contributed by atoms with Gasteiger partial charge in [0.1, 0.15) is 18.0 Å². The summed E-state index contributed by atoms with van der Waals surface area (Å²) in [6.45, 7) is 5.05. The summed E-state index contributed by atoms with van der Waals surface area (Å²) in [5.41, 5.74) is 1.06.